The van der Waals surface area contributed by atoms with E-state index in [2.05, 4.69) is 16.3 Å². The van der Waals surface area contributed by atoms with Crippen molar-refractivity contribution >= 4 is 11.8 Å². The van der Waals surface area contributed by atoms with Gasteiger partial charge in [0.15, 0.2) is 6.61 Å². The van der Waals surface area contributed by atoms with Crippen LogP contribution in [0.3, 0.4) is 0 Å². The van der Waals surface area contributed by atoms with Crippen molar-refractivity contribution in [2.75, 3.05) is 0 Å². The molecule has 1 heterocycles. The van der Waals surface area contributed by atoms with Crippen LogP contribution < -0.4 is 4.74 Å². The quantitative estimate of drug-likeness (QED) is 0.781. The largest absolute Gasteiger partial charge is 0.484 e. The zero-order chi connectivity index (χ0) is 13.7. The summed E-state index contributed by atoms with van der Waals surface area (Å²) in [5.74, 6) is 1.15. The maximum atomic E-state index is 8.69. The molecule has 2 rings (SSSR count). The predicted octanol–water partition coefficient (Wildman–Crippen LogP) is 2.96. The Morgan fingerprint density at radius 1 is 1.37 bits per heavy atom. The van der Waals surface area contributed by atoms with Crippen molar-refractivity contribution in [2.24, 2.45) is 0 Å². The van der Waals surface area contributed by atoms with E-state index < -0.39 is 0 Å². The Bertz CT molecular complexity index is 574. The highest BCUT2D eigenvalue weighted by Gasteiger charge is 2.11. The monoisotopic (exact) mass is 275 g/mol. The molecule has 1 aromatic heterocycles. The summed E-state index contributed by atoms with van der Waals surface area (Å²) in [5.41, 5.74) is 1.18. The summed E-state index contributed by atoms with van der Waals surface area (Å²) >= 11 is 1.23. The summed E-state index contributed by atoms with van der Waals surface area (Å²) in [7, 11) is 0. The van der Waals surface area contributed by atoms with Gasteiger partial charge in [0.1, 0.15) is 5.75 Å². The van der Waals surface area contributed by atoms with E-state index in [0.717, 1.165) is 5.75 Å². The number of thioether (sulfide) groups is 1. The number of aromatic nitrogens is 2. The number of hydrogen-bond acceptors (Lipinski definition) is 6. The smallest absolute Gasteiger partial charge is 0.277 e. The van der Waals surface area contributed by atoms with Gasteiger partial charge in [-0.3, -0.25) is 0 Å². The average Bonchev–Trinajstić information content (AvgIpc) is 2.85. The first-order valence-electron chi connectivity index (χ1n) is 5.75. The molecule has 19 heavy (non-hydrogen) atoms. The molecule has 0 aliphatic carbocycles. The molecule has 0 amide bonds. The molecule has 0 aliphatic heterocycles. The van der Waals surface area contributed by atoms with E-state index in [1.54, 1.807) is 6.92 Å². The number of ether oxygens (including phenoxy) is 1. The number of hydrogen-bond donors (Lipinski definition) is 0. The maximum absolute atomic E-state index is 8.69. The van der Waals surface area contributed by atoms with E-state index in [-0.39, 0.29) is 11.9 Å². The Hall–Kier alpha value is -2.00. The zero-order valence-electron chi connectivity index (χ0n) is 10.7. The fourth-order valence-corrected chi connectivity index (χ4v) is 1.89. The Labute approximate surface area is 115 Å². The van der Waals surface area contributed by atoms with Gasteiger partial charge in [-0.2, -0.15) is 5.26 Å². The van der Waals surface area contributed by atoms with Crippen LogP contribution in [0.15, 0.2) is 33.9 Å². The SMILES string of the molecule is Cc1ccc(OCc2nnc(S[C@@H](C)C#N)o2)cc1. The van der Waals surface area contributed by atoms with Crippen molar-refractivity contribution in [1.29, 1.82) is 5.26 Å². The Morgan fingerprint density at radius 2 is 2.11 bits per heavy atom. The van der Waals surface area contributed by atoms with Crippen LogP contribution in [0.1, 0.15) is 18.4 Å². The minimum atomic E-state index is -0.216. The molecule has 0 unspecified atom stereocenters. The van der Waals surface area contributed by atoms with E-state index in [1.165, 1.54) is 17.3 Å². The molecule has 0 radical (unpaired) electrons. The minimum Gasteiger partial charge on any atom is -0.484 e. The molecule has 0 spiro atoms. The fraction of sp³-hybridized carbons (Fsp3) is 0.308. The molecule has 6 heteroatoms. The van der Waals surface area contributed by atoms with E-state index >= 15 is 0 Å². The van der Waals surface area contributed by atoms with Crippen LogP contribution in [-0.2, 0) is 6.61 Å². The van der Waals surface area contributed by atoms with Gasteiger partial charge in [-0.05, 0) is 37.7 Å². The molecule has 1 atom stereocenters. The van der Waals surface area contributed by atoms with Gasteiger partial charge in [0.05, 0.1) is 11.3 Å². The molecule has 0 saturated heterocycles. The lowest BCUT2D eigenvalue weighted by Crippen LogP contribution is -1.95. The third-order valence-corrected chi connectivity index (χ3v) is 3.12. The van der Waals surface area contributed by atoms with Crippen LogP contribution in [0.4, 0.5) is 0 Å². The summed E-state index contributed by atoms with van der Waals surface area (Å²) in [6, 6.07) is 9.81. The van der Waals surface area contributed by atoms with Gasteiger partial charge in [-0.15, -0.1) is 10.2 Å². The molecule has 0 bridgehead atoms. The maximum Gasteiger partial charge on any atom is 0.277 e. The number of nitrogens with zero attached hydrogens (tertiary/aromatic N) is 3. The van der Waals surface area contributed by atoms with Gasteiger partial charge < -0.3 is 9.15 Å². The first-order chi connectivity index (χ1) is 9.17. The molecular weight excluding hydrogens is 262 g/mol. The minimum absolute atomic E-state index is 0.216. The molecule has 0 N–H and O–H groups in total. The lowest BCUT2D eigenvalue weighted by Gasteiger charge is -2.02. The third kappa shape index (κ3) is 4.00. The molecular formula is C13H13N3O2S. The van der Waals surface area contributed by atoms with Crippen molar-refractivity contribution in [3.63, 3.8) is 0 Å². The highest BCUT2D eigenvalue weighted by Crippen LogP contribution is 2.21. The van der Waals surface area contributed by atoms with Crippen molar-refractivity contribution in [2.45, 2.75) is 30.9 Å². The lowest BCUT2D eigenvalue weighted by atomic mass is 10.2. The van der Waals surface area contributed by atoms with E-state index in [9.17, 15) is 0 Å². The van der Waals surface area contributed by atoms with Gasteiger partial charge in [-0.1, -0.05) is 17.7 Å². The molecule has 0 saturated carbocycles. The molecule has 98 valence electrons. The predicted molar refractivity (Wildman–Crippen MR) is 70.7 cm³/mol. The van der Waals surface area contributed by atoms with Gasteiger partial charge >= 0.3 is 0 Å². The normalized spacial score (nSPS) is 11.8. The number of rotatable bonds is 5. The van der Waals surface area contributed by atoms with Crippen LogP contribution in [-0.4, -0.2) is 15.4 Å². The summed E-state index contributed by atoms with van der Waals surface area (Å²) in [4.78, 5) is 0. The highest BCUT2D eigenvalue weighted by molar-refractivity contribution is 7.99. The topological polar surface area (TPSA) is 71.9 Å². The van der Waals surface area contributed by atoms with Gasteiger partial charge in [0.2, 0.25) is 0 Å². The van der Waals surface area contributed by atoms with E-state index in [1.807, 2.05) is 31.2 Å². The number of benzene rings is 1. The molecule has 1 aromatic carbocycles. The van der Waals surface area contributed by atoms with E-state index in [0.29, 0.717) is 11.1 Å². The Kier molecular flexibility index (Phi) is 4.42. The van der Waals surface area contributed by atoms with Gasteiger partial charge in [0, 0.05) is 0 Å². The second kappa shape index (κ2) is 6.25. The molecule has 0 fully saturated rings. The fourth-order valence-electron chi connectivity index (χ4n) is 1.30. The second-order valence-corrected chi connectivity index (χ2v) is 5.24. The first-order valence-corrected chi connectivity index (χ1v) is 6.63. The first kappa shape index (κ1) is 13.4. The van der Waals surface area contributed by atoms with Crippen LogP contribution in [0.25, 0.3) is 0 Å². The third-order valence-electron chi connectivity index (χ3n) is 2.29. The standard InChI is InChI=1S/C13H13N3O2S/c1-9-3-5-11(6-4-9)17-8-12-15-16-13(18-12)19-10(2)7-14/h3-6,10H,8H2,1-2H3/t10-/m0/s1. The summed E-state index contributed by atoms with van der Waals surface area (Å²) in [5, 5.41) is 16.6. The van der Waals surface area contributed by atoms with Crippen molar-refractivity contribution < 1.29 is 9.15 Å². The van der Waals surface area contributed by atoms with Crippen molar-refractivity contribution in [3.05, 3.63) is 35.7 Å². The van der Waals surface area contributed by atoms with Crippen LogP contribution in [0.2, 0.25) is 0 Å². The van der Waals surface area contributed by atoms with Gasteiger partial charge in [-0.25, -0.2) is 0 Å². The average molecular weight is 275 g/mol. The van der Waals surface area contributed by atoms with Crippen molar-refractivity contribution in [3.8, 4) is 11.8 Å². The van der Waals surface area contributed by atoms with Crippen LogP contribution in [0.5, 0.6) is 5.75 Å². The number of aryl methyl sites for hydroxylation is 1. The van der Waals surface area contributed by atoms with Crippen molar-refractivity contribution in [1.82, 2.24) is 10.2 Å². The summed E-state index contributed by atoms with van der Waals surface area (Å²) in [6.45, 7) is 4.01. The molecule has 0 aliphatic rings. The lowest BCUT2D eigenvalue weighted by molar-refractivity contribution is 0.252. The zero-order valence-corrected chi connectivity index (χ0v) is 11.5. The summed E-state index contributed by atoms with van der Waals surface area (Å²) in [6.07, 6.45) is 0. The Morgan fingerprint density at radius 3 is 2.79 bits per heavy atom. The van der Waals surface area contributed by atoms with Gasteiger partial charge in [0.25, 0.3) is 11.1 Å². The number of nitriles is 1. The van der Waals surface area contributed by atoms with Crippen LogP contribution >= 0.6 is 11.8 Å². The highest BCUT2D eigenvalue weighted by atomic mass is 32.2. The summed E-state index contributed by atoms with van der Waals surface area (Å²) < 4.78 is 10.9. The Balaban J connectivity index is 1.90. The molecule has 5 nitrogen and oxygen atoms in total. The second-order valence-electron chi connectivity index (χ2n) is 3.95. The van der Waals surface area contributed by atoms with Crippen LogP contribution in [0, 0.1) is 18.3 Å². The van der Waals surface area contributed by atoms with E-state index in [4.69, 9.17) is 14.4 Å². The molecule has 2 aromatic rings.